The molecule has 1 aliphatic heterocycles. The third kappa shape index (κ3) is 2.88. The van der Waals surface area contributed by atoms with E-state index in [0.717, 1.165) is 43.6 Å². The normalized spacial score (nSPS) is 20.0. The van der Waals surface area contributed by atoms with E-state index in [1.807, 2.05) is 6.92 Å². The van der Waals surface area contributed by atoms with E-state index in [1.165, 1.54) is 0 Å². The first kappa shape index (κ1) is 13.0. The first-order valence-corrected chi connectivity index (χ1v) is 6.70. The maximum absolute atomic E-state index is 12.2. The van der Waals surface area contributed by atoms with Crippen molar-refractivity contribution < 1.29 is 4.79 Å². The summed E-state index contributed by atoms with van der Waals surface area (Å²) in [4.78, 5) is 18.6. The van der Waals surface area contributed by atoms with Crippen LogP contribution in [0.4, 0.5) is 0 Å². The van der Waals surface area contributed by atoms with E-state index in [4.69, 9.17) is 0 Å². The molecule has 98 valence electrons. The van der Waals surface area contributed by atoms with Crippen LogP contribution in [0.5, 0.6) is 0 Å². The number of hydrogen-bond donors (Lipinski definition) is 1. The molecule has 0 bridgehead atoms. The Kier molecular flexibility index (Phi) is 4.31. The fourth-order valence-electron chi connectivity index (χ4n) is 2.43. The van der Waals surface area contributed by atoms with Crippen LogP contribution in [-0.2, 0) is 6.42 Å². The van der Waals surface area contributed by atoms with E-state index in [9.17, 15) is 4.79 Å². The monoisotopic (exact) mass is 247 g/mol. The number of nitrogens with zero attached hydrogens (tertiary/aromatic N) is 2. The fourth-order valence-corrected chi connectivity index (χ4v) is 2.43. The molecule has 0 aliphatic carbocycles. The summed E-state index contributed by atoms with van der Waals surface area (Å²) in [5.74, 6) is 0.0391. The highest BCUT2D eigenvalue weighted by Crippen LogP contribution is 2.11. The van der Waals surface area contributed by atoms with E-state index in [-0.39, 0.29) is 11.9 Å². The van der Waals surface area contributed by atoms with E-state index in [2.05, 4.69) is 22.1 Å². The maximum Gasteiger partial charge on any atom is 0.251 e. The second-order valence-corrected chi connectivity index (χ2v) is 4.74. The van der Waals surface area contributed by atoms with Crippen molar-refractivity contribution in [2.24, 2.45) is 0 Å². The highest BCUT2D eigenvalue weighted by molar-refractivity contribution is 5.95. The van der Waals surface area contributed by atoms with Gasteiger partial charge >= 0.3 is 0 Å². The molecule has 1 aromatic rings. The molecule has 0 saturated carbocycles. The van der Waals surface area contributed by atoms with Gasteiger partial charge in [0.1, 0.15) is 0 Å². The van der Waals surface area contributed by atoms with Crippen LogP contribution < -0.4 is 5.32 Å². The molecular formula is C14H21N3O. The summed E-state index contributed by atoms with van der Waals surface area (Å²) in [6, 6.07) is 2.09. The molecule has 0 aromatic carbocycles. The largest absolute Gasteiger partial charge is 0.348 e. The molecule has 1 aromatic heterocycles. The van der Waals surface area contributed by atoms with E-state index >= 15 is 0 Å². The quantitative estimate of drug-likeness (QED) is 0.876. The Bertz CT molecular complexity index is 419. The Morgan fingerprint density at radius 1 is 1.56 bits per heavy atom. The van der Waals surface area contributed by atoms with Crippen LogP contribution >= 0.6 is 0 Å². The van der Waals surface area contributed by atoms with Gasteiger partial charge in [0.15, 0.2) is 0 Å². The summed E-state index contributed by atoms with van der Waals surface area (Å²) >= 11 is 0. The Morgan fingerprint density at radius 2 is 2.39 bits per heavy atom. The molecule has 1 aliphatic rings. The first-order chi connectivity index (χ1) is 8.74. The molecule has 0 radical (unpaired) electrons. The summed E-state index contributed by atoms with van der Waals surface area (Å²) in [7, 11) is 0. The number of rotatable bonds is 4. The number of pyridine rings is 1. The molecule has 0 spiro atoms. The van der Waals surface area contributed by atoms with Crippen molar-refractivity contribution in [1.29, 1.82) is 0 Å². The predicted molar refractivity (Wildman–Crippen MR) is 71.6 cm³/mol. The fraction of sp³-hybridized carbons (Fsp3) is 0.571. The number of hydrogen-bond acceptors (Lipinski definition) is 3. The zero-order chi connectivity index (χ0) is 13.0. The predicted octanol–water partition coefficient (Wildman–Crippen LogP) is 1.47. The number of nitrogens with one attached hydrogen (secondary N) is 1. The van der Waals surface area contributed by atoms with Crippen LogP contribution in [0.1, 0.15) is 36.2 Å². The summed E-state index contributed by atoms with van der Waals surface area (Å²) in [6.07, 6.45) is 5.34. The minimum absolute atomic E-state index is 0.0391. The van der Waals surface area contributed by atoms with Gasteiger partial charge in [-0.05, 0) is 31.0 Å². The topological polar surface area (TPSA) is 45.2 Å². The smallest absolute Gasteiger partial charge is 0.251 e. The third-order valence-corrected chi connectivity index (χ3v) is 3.58. The molecule has 2 rings (SSSR count). The number of likely N-dealkylation sites (N-methyl/N-ethyl adjacent to an activating group) is 1. The van der Waals surface area contributed by atoms with E-state index < -0.39 is 0 Å². The molecule has 1 fully saturated rings. The number of likely N-dealkylation sites (tertiary alicyclic amines) is 1. The van der Waals surface area contributed by atoms with Crippen molar-refractivity contribution in [3.05, 3.63) is 29.6 Å². The SMILES string of the molecule is CCc1cnccc1C(=O)NC1CCN(CC)C1. The van der Waals surface area contributed by atoms with Gasteiger partial charge in [0, 0.05) is 37.1 Å². The van der Waals surface area contributed by atoms with E-state index in [0.29, 0.717) is 0 Å². The molecule has 4 nitrogen and oxygen atoms in total. The maximum atomic E-state index is 12.2. The standard InChI is InChI=1S/C14H21N3O/c1-3-11-9-15-7-5-13(11)14(18)16-12-6-8-17(4-2)10-12/h5,7,9,12H,3-4,6,8,10H2,1-2H3,(H,16,18). The molecule has 2 heterocycles. The lowest BCUT2D eigenvalue weighted by Gasteiger charge is -2.15. The van der Waals surface area contributed by atoms with Gasteiger partial charge < -0.3 is 10.2 Å². The van der Waals surface area contributed by atoms with Crippen LogP contribution in [-0.4, -0.2) is 41.5 Å². The molecule has 4 heteroatoms. The average Bonchev–Trinajstić information content (AvgIpc) is 2.86. The Hall–Kier alpha value is -1.42. The van der Waals surface area contributed by atoms with Gasteiger partial charge in [0.05, 0.1) is 0 Å². The molecule has 1 N–H and O–H groups in total. The minimum atomic E-state index is 0.0391. The Morgan fingerprint density at radius 3 is 3.06 bits per heavy atom. The average molecular weight is 247 g/mol. The van der Waals surface area contributed by atoms with Crippen molar-refractivity contribution in [1.82, 2.24) is 15.2 Å². The van der Waals surface area contributed by atoms with E-state index in [1.54, 1.807) is 18.5 Å². The second-order valence-electron chi connectivity index (χ2n) is 4.74. The van der Waals surface area contributed by atoms with Gasteiger partial charge in [0.25, 0.3) is 5.91 Å². The molecule has 1 atom stereocenters. The molecule has 1 unspecified atom stereocenters. The highest BCUT2D eigenvalue weighted by Gasteiger charge is 2.23. The van der Waals surface area contributed by atoms with Crippen molar-refractivity contribution >= 4 is 5.91 Å². The van der Waals surface area contributed by atoms with Crippen LogP contribution in [0.15, 0.2) is 18.5 Å². The summed E-state index contributed by atoms with van der Waals surface area (Å²) < 4.78 is 0. The van der Waals surface area contributed by atoms with Gasteiger partial charge in [0.2, 0.25) is 0 Å². The molecular weight excluding hydrogens is 226 g/mol. The Labute approximate surface area is 108 Å². The highest BCUT2D eigenvalue weighted by atomic mass is 16.1. The van der Waals surface area contributed by atoms with Crippen molar-refractivity contribution in [2.75, 3.05) is 19.6 Å². The van der Waals surface area contributed by atoms with Gasteiger partial charge in [-0.2, -0.15) is 0 Å². The van der Waals surface area contributed by atoms with Gasteiger partial charge in [-0.3, -0.25) is 9.78 Å². The van der Waals surface area contributed by atoms with Crippen LogP contribution in [0, 0.1) is 0 Å². The van der Waals surface area contributed by atoms with Crippen molar-refractivity contribution in [3.8, 4) is 0 Å². The van der Waals surface area contributed by atoms with Gasteiger partial charge in [-0.15, -0.1) is 0 Å². The lowest BCUT2D eigenvalue weighted by molar-refractivity contribution is 0.0937. The number of amides is 1. The summed E-state index contributed by atoms with van der Waals surface area (Å²) in [5, 5.41) is 3.13. The molecule has 1 amide bonds. The molecule has 18 heavy (non-hydrogen) atoms. The van der Waals surface area contributed by atoms with Crippen LogP contribution in [0.3, 0.4) is 0 Å². The van der Waals surface area contributed by atoms with Crippen LogP contribution in [0.25, 0.3) is 0 Å². The Balaban J connectivity index is 2.00. The number of carbonyl (C=O) groups excluding carboxylic acids is 1. The number of aromatic nitrogens is 1. The third-order valence-electron chi connectivity index (χ3n) is 3.58. The first-order valence-electron chi connectivity index (χ1n) is 6.70. The van der Waals surface area contributed by atoms with Crippen LogP contribution in [0.2, 0.25) is 0 Å². The zero-order valence-corrected chi connectivity index (χ0v) is 11.1. The molecule has 1 saturated heterocycles. The summed E-state index contributed by atoms with van der Waals surface area (Å²) in [5.41, 5.74) is 1.78. The number of carbonyl (C=O) groups is 1. The van der Waals surface area contributed by atoms with Crippen molar-refractivity contribution in [3.63, 3.8) is 0 Å². The zero-order valence-electron chi connectivity index (χ0n) is 11.1. The lowest BCUT2D eigenvalue weighted by atomic mass is 10.1. The summed E-state index contributed by atoms with van der Waals surface area (Å²) in [6.45, 7) is 7.31. The second kappa shape index (κ2) is 5.96. The van der Waals surface area contributed by atoms with Crippen molar-refractivity contribution in [2.45, 2.75) is 32.7 Å². The van der Waals surface area contributed by atoms with Gasteiger partial charge in [-0.1, -0.05) is 13.8 Å². The number of aryl methyl sites for hydroxylation is 1. The minimum Gasteiger partial charge on any atom is -0.348 e. The van der Waals surface area contributed by atoms with Gasteiger partial charge in [-0.25, -0.2) is 0 Å². The lowest BCUT2D eigenvalue weighted by Crippen LogP contribution is -2.37.